The molecule has 2 aliphatic heterocycles. The van der Waals surface area contributed by atoms with Gasteiger partial charge in [-0.15, -0.1) is 0 Å². The van der Waals surface area contributed by atoms with Crippen molar-refractivity contribution in [1.82, 2.24) is 20.0 Å². The predicted molar refractivity (Wildman–Crippen MR) is 121 cm³/mol. The summed E-state index contributed by atoms with van der Waals surface area (Å²) in [5.74, 6) is -0.342. The van der Waals surface area contributed by atoms with E-state index in [2.05, 4.69) is 5.32 Å². The van der Waals surface area contributed by atoms with Crippen LogP contribution in [-0.4, -0.2) is 65.3 Å². The van der Waals surface area contributed by atoms with Gasteiger partial charge in [-0.3, -0.25) is 14.5 Å². The topological polar surface area (TPSA) is 73.0 Å². The molecule has 0 saturated carbocycles. The van der Waals surface area contributed by atoms with Crippen molar-refractivity contribution in [3.8, 4) is 0 Å². The molecule has 0 saturated heterocycles. The molecular weight excluding hydrogens is 439 g/mol. The van der Waals surface area contributed by atoms with E-state index in [1.165, 1.54) is 4.90 Å². The fourth-order valence-electron chi connectivity index (χ4n) is 4.14. The van der Waals surface area contributed by atoms with Crippen LogP contribution in [0.15, 0.2) is 29.5 Å². The number of hydrogen-bond donors (Lipinski definition) is 1. The molecule has 168 valence electrons. The lowest BCUT2D eigenvalue weighted by Gasteiger charge is -2.33. The average Bonchev–Trinajstić information content (AvgIpc) is 3.03. The van der Waals surface area contributed by atoms with Crippen molar-refractivity contribution in [2.75, 3.05) is 32.7 Å². The Balaban J connectivity index is 1.91. The number of nitrogens with one attached hydrogen (secondary N) is 1. The lowest BCUT2D eigenvalue weighted by molar-refractivity contribution is -0.137. The Labute approximate surface area is 192 Å². The Bertz CT molecular complexity index is 912. The summed E-state index contributed by atoms with van der Waals surface area (Å²) in [5, 5.41) is 3.73. The normalized spacial score (nSPS) is 18.4. The lowest BCUT2D eigenvalue weighted by atomic mass is 9.95. The first kappa shape index (κ1) is 23.4. The van der Waals surface area contributed by atoms with Crippen LogP contribution >= 0.6 is 23.2 Å². The smallest absolute Gasteiger partial charge is 0.322 e. The maximum absolute atomic E-state index is 13.4. The quantitative estimate of drug-likeness (QED) is 0.632. The van der Waals surface area contributed by atoms with Gasteiger partial charge in [-0.2, -0.15) is 0 Å². The molecule has 0 fully saturated rings. The Morgan fingerprint density at radius 2 is 1.84 bits per heavy atom. The summed E-state index contributed by atoms with van der Waals surface area (Å²) in [4.78, 5) is 43.9. The largest absolute Gasteiger partial charge is 0.341 e. The van der Waals surface area contributed by atoms with E-state index in [9.17, 15) is 14.4 Å². The third-order valence-corrected chi connectivity index (χ3v) is 6.11. The van der Waals surface area contributed by atoms with E-state index in [1.807, 2.05) is 20.8 Å². The molecule has 1 aromatic rings. The van der Waals surface area contributed by atoms with Gasteiger partial charge in [0.2, 0.25) is 5.91 Å². The van der Waals surface area contributed by atoms with Gasteiger partial charge in [0.05, 0.1) is 23.9 Å². The number of urea groups is 1. The second-order valence-corrected chi connectivity index (χ2v) is 8.54. The second-order valence-electron chi connectivity index (χ2n) is 7.69. The summed E-state index contributed by atoms with van der Waals surface area (Å²) in [6.07, 6.45) is 1.71. The molecule has 2 aliphatic rings. The fraction of sp³-hybridized carbons (Fsp3) is 0.500. The SMILES string of the molecule is CCCN(CCC)C(=O)CN1CC2=C(C1=O)[C@@H](c1ccc(Cl)cc1Cl)NC(=O)N2CC. The zero-order valence-corrected chi connectivity index (χ0v) is 19.6. The molecule has 2 heterocycles. The highest BCUT2D eigenvalue weighted by atomic mass is 35.5. The van der Waals surface area contributed by atoms with Gasteiger partial charge in [-0.1, -0.05) is 43.1 Å². The number of benzene rings is 1. The Hall–Kier alpha value is -2.25. The van der Waals surface area contributed by atoms with E-state index >= 15 is 0 Å². The van der Waals surface area contributed by atoms with Crippen molar-refractivity contribution in [3.05, 3.63) is 45.1 Å². The second kappa shape index (κ2) is 9.92. The van der Waals surface area contributed by atoms with Crippen LogP contribution in [0.3, 0.4) is 0 Å². The third kappa shape index (κ3) is 4.67. The van der Waals surface area contributed by atoms with Crippen molar-refractivity contribution in [3.63, 3.8) is 0 Å². The maximum atomic E-state index is 13.4. The van der Waals surface area contributed by atoms with Gasteiger partial charge < -0.3 is 15.1 Å². The first-order valence-corrected chi connectivity index (χ1v) is 11.4. The van der Waals surface area contributed by atoms with Crippen LogP contribution in [0.2, 0.25) is 10.0 Å². The number of carbonyl (C=O) groups is 3. The molecule has 3 rings (SSSR count). The molecule has 31 heavy (non-hydrogen) atoms. The van der Waals surface area contributed by atoms with Gasteiger partial charge in [0.1, 0.15) is 6.54 Å². The Morgan fingerprint density at radius 1 is 1.16 bits per heavy atom. The first-order chi connectivity index (χ1) is 14.8. The lowest BCUT2D eigenvalue weighted by Crippen LogP contribution is -2.47. The van der Waals surface area contributed by atoms with Gasteiger partial charge in [0, 0.05) is 29.7 Å². The van der Waals surface area contributed by atoms with Crippen LogP contribution in [0.1, 0.15) is 45.2 Å². The minimum atomic E-state index is -0.690. The summed E-state index contributed by atoms with van der Waals surface area (Å²) in [6.45, 7) is 7.83. The molecule has 0 aromatic heterocycles. The van der Waals surface area contributed by atoms with Gasteiger partial charge in [-0.25, -0.2) is 4.79 Å². The molecule has 1 atom stereocenters. The third-order valence-electron chi connectivity index (χ3n) is 5.55. The molecule has 0 aliphatic carbocycles. The van der Waals surface area contributed by atoms with Crippen molar-refractivity contribution in [1.29, 1.82) is 0 Å². The molecule has 0 spiro atoms. The van der Waals surface area contributed by atoms with Gasteiger partial charge in [0.25, 0.3) is 5.91 Å². The van der Waals surface area contributed by atoms with E-state index in [0.29, 0.717) is 46.5 Å². The number of hydrogen-bond acceptors (Lipinski definition) is 3. The van der Waals surface area contributed by atoms with Crippen LogP contribution in [0.25, 0.3) is 0 Å². The number of halogens is 2. The minimum Gasteiger partial charge on any atom is -0.341 e. The van der Waals surface area contributed by atoms with Crippen LogP contribution in [0.4, 0.5) is 4.79 Å². The van der Waals surface area contributed by atoms with Crippen molar-refractivity contribution < 1.29 is 14.4 Å². The monoisotopic (exact) mass is 466 g/mol. The maximum Gasteiger partial charge on any atom is 0.322 e. The van der Waals surface area contributed by atoms with E-state index in [4.69, 9.17) is 23.2 Å². The van der Waals surface area contributed by atoms with E-state index in [-0.39, 0.29) is 30.9 Å². The van der Waals surface area contributed by atoms with Crippen molar-refractivity contribution >= 4 is 41.0 Å². The molecule has 7 nitrogen and oxygen atoms in total. The van der Waals surface area contributed by atoms with Gasteiger partial charge >= 0.3 is 6.03 Å². The first-order valence-electron chi connectivity index (χ1n) is 10.6. The number of nitrogens with zero attached hydrogens (tertiary/aromatic N) is 3. The van der Waals surface area contributed by atoms with Crippen molar-refractivity contribution in [2.45, 2.75) is 39.7 Å². The molecule has 1 N–H and O–H groups in total. The summed E-state index contributed by atoms with van der Waals surface area (Å²) in [5.41, 5.74) is 1.68. The molecule has 1 aromatic carbocycles. The van der Waals surface area contributed by atoms with E-state index < -0.39 is 6.04 Å². The number of carbonyl (C=O) groups excluding carboxylic acids is 3. The summed E-state index contributed by atoms with van der Waals surface area (Å²) >= 11 is 12.4. The fourth-order valence-corrected chi connectivity index (χ4v) is 4.66. The number of likely N-dealkylation sites (N-methyl/N-ethyl adjacent to an activating group) is 1. The van der Waals surface area contributed by atoms with Crippen LogP contribution in [0, 0.1) is 0 Å². The van der Waals surface area contributed by atoms with Crippen molar-refractivity contribution in [2.24, 2.45) is 0 Å². The van der Waals surface area contributed by atoms with Gasteiger partial charge in [-0.05, 0) is 37.5 Å². The Kier molecular flexibility index (Phi) is 7.49. The van der Waals surface area contributed by atoms with Crippen LogP contribution < -0.4 is 5.32 Å². The summed E-state index contributed by atoms with van der Waals surface area (Å²) in [6, 6.07) is 4.00. The van der Waals surface area contributed by atoms with Crippen LogP contribution in [-0.2, 0) is 9.59 Å². The zero-order chi connectivity index (χ0) is 22.7. The predicted octanol–water partition coefficient (Wildman–Crippen LogP) is 3.82. The number of amides is 4. The average molecular weight is 467 g/mol. The van der Waals surface area contributed by atoms with E-state index in [1.54, 1.807) is 28.0 Å². The molecule has 0 unspecified atom stereocenters. The van der Waals surface area contributed by atoms with Gasteiger partial charge in [0.15, 0.2) is 0 Å². The van der Waals surface area contributed by atoms with E-state index in [0.717, 1.165) is 12.8 Å². The van der Waals surface area contributed by atoms with Crippen LogP contribution in [0.5, 0.6) is 0 Å². The number of rotatable bonds is 8. The molecule has 9 heteroatoms. The standard InChI is InChI=1S/C22H28Cl2N4O3/c1-4-9-26(10-5-2)18(29)13-27-12-17-19(21(27)30)20(25-22(31)28(17)6-3)15-8-7-14(23)11-16(15)24/h7-8,11,20H,4-6,9-10,12-13H2,1-3H3,(H,25,31)/t20-/m1/s1. The highest BCUT2D eigenvalue weighted by Crippen LogP contribution is 2.39. The highest BCUT2D eigenvalue weighted by Gasteiger charge is 2.44. The molecular formula is C22H28Cl2N4O3. The highest BCUT2D eigenvalue weighted by molar-refractivity contribution is 6.35. The molecule has 0 radical (unpaired) electrons. The molecule has 4 amide bonds. The molecule has 0 bridgehead atoms. The summed E-state index contributed by atoms with van der Waals surface area (Å²) in [7, 11) is 0. The summed E-state index contributed by atoms with van der Waals surface area (Å²) < 4.78 is 0. The Morgan fingerprint density at radius 3 is 2.42 bits per heavy atom. The minimum absolute atomic E-state index is 0.0152. The zero-order valence-electron chi connectivity index (χ0n) is 18.1.